The van der Waals surface area contributed by atoms with Crippen LogP contribution in [0.25, 0.3) is 0 Å². The summed E-state index contributed by atoms with van der Waals surface area (Å²) in [6.45, 7) is 1.77. The number of carboxylic acids is 1. The lowest BCUT2D eigenvalue weighted by Crippen LogP contribution is -2.10. The number of aryl methyl sites for hydroxylation is 1. The fourth-order valence-electron chi connectivity index (χ4n) is 1.80. The number of rotatable bonds is 3. The molecule has 2 aromatic carbocycles. The lowest BCUT2D eigenvalue weighted by Gasteiger charge is -2.06. The van der Waals surface area contributed by atoms with Crippen LogP contribution in [0.15, 0.2) is 42.5 Å². The number of hydrogen-bond acceptors (Lipinski definition) is 3. The molecule has 0 bridgehead atoms. The molecular formula is C15H12O4. The Balaban J connectivity index is 2.49. The van der Waals surface area contributed by atoms with E-state index in [1.807, 2.05) is 0 Å². The van der Waals surface area contributed by atoms with Crippen molar-refractivity contribution in [1.29, 1.82) is 0 Å². The fraction of sp³-hybridized carbons (Fsp3) is 0.0667. The Hall–Kier alpha value is -2.62. The van der Waals surface area contributed by atoms with Gasteiger partial charge in [0.05, 0.1) is 5.56 Å². The molecule has 2 N–H and O–H groups in total. The number of phenolic OH excluding ortho intramolecular Hbond substituents is 1. The van der Waals surface area contributed by atoms with Crippen molar-refractivity contribution in [3.8, 4) is 5.75 Å². The second kappa shape index (κ2) is 4.94. The second-order valence-electron chi connectivity index (χ2n) is 4.23. The van der Waals surface area contributed by atoms with Gasteiger partial charge in [0, 0.05) is 11.1 Å². The highest BCUT2D eigenvalue weighted by Gasteiger charge is 2.17. The first kappa shape index (κ1) is 12.8. The standard InChI is InChI=1S/C15H12O4/c1-9-2-7-12(13(8-9)15(18)19)14(17)10-3-5-11(16)6-4-10/h2-8,16H,1H3,(H,18,19). The number of carbonyl (C=O) groups excluding carboxylic acids is 1. The van der Waals surface area contributed by atoms with Crippen molar-refractivity contribution >= 4 is 11.8 Å². The summed E-state index contributed by atoms with van der Waals surface area (Å²) in [5.74, 6) is -1.46. The number of aromatic hydroxyl groups is 1. The van der Waals surface area contributed by atoms with Crippen molar-refractivity contribution in [2.75, 3.05) is 0 Å². The molecule has 2 rings (SSSR count). The van der Waals surface area contributed by atoms with E-state index in [0.29, 0.717) is 5.56 Å². The molecule has 0 aliphatic carbocycles. The maximum absolute atomic E-state index is 12.2. The molecule has 4 nitrogen and oxygen atoms in total. The predicted molar refractivity (Wildman–Crippen MR) is 69.7 cm³/mol. The molecule has 2 aromatic rings. The van der Waals surface area contributed by atoms with E-state index in [2.05, 4.69) is 0 Å². The summed E-state index contributed by atoms with van der Waals surface area (Å²) in [5, 5.41) is 18.3. The number of carboxylic acid groups (broad SMARTS) is 1. The monoisotopic (exact) mass is 256 g/mol. The van der Waals surface area contributed by atoms with E-state index in [-0.39, 0.29) is 22.7 Å². The molecule has 0 saturated carbocycles. The smallest absolute Gasteiger partial charge is 0.336 e. The van der Waals surface area contributed by atoms with Gasteiger partial charge in [0.15, 0.2) is 5.78 Å². The van der Waals surface area contributed by atoms with Crippen LogP contribution >= 0.6 is 0 Å². The fourth-order valence-corrected chi connectivity index (χ4v) is 1.80. The number of ketones is 1. The maximum atomic E-state index is 12.2. The van der Waals surface area contributed by atoms with Crippen LogP contribution in [0.1, 0.15) is 31.8 Å². The third-order valence-electron chi connectivity index (χ3n) is 2.78. The van der Waals surface area contributed by atoms with Crippen molar-refractivity contribution in [2.24, 2.45) is 0 Å². The van der Waals surface area contributed by atoms with Crippen LogP contribution in [0.5, 0.6) is 5.75 Å². The van der Waals surface area contributed by atoms with Crippen LogP contribution in [0, 0.1) is 6.92 Å². The van der Waals surface area contributed by atoms with Crippen molar-refractivity contribution in [1.82, 2.24) is 0 Å². The summed E-state index contributed by atoms with van der Waals surface area (Å²) in [6, 6.07) is 10.4. The van der Waals surface area contributed by atoms with Gasteiger partial charge in [-0.1, -0.05) is 11.6 Å². The molecule has 0 radical (unpaired) electrons. The summed E-state index contributed by atoms with van der Waals surface area (Å²) in [6.07, 6.45) is 0. The van der Waals surface area contributed by atoms with Gasteiger partial charge in [-0.3, -0.25) is 4.79 Å². The predicted octanol–water partition coefficient (Wildman–Crippen LogP) is 2.63. The summed E-state index contributed by atoms with van der Waals surface area (Å²) < 4.78 is 0. The Labute approximate surface area is 109 Å². The van der Waals surface area contributed by atoms with Crippen LogP contribution in [0.3, 0.4) is 0 Å². The van der Waals surface area contributed by atoms with Crippen LogP contribution < -0.4 is 0 Å². The number of benzene rings is 2. The molecule has 0 unspecified atom stereocenters. The number of phenols is 1. The highest BCUT2D eigenvalue weighted by Crippen LogP contribution is 2.18. The minimum atomic E-state index is -1.13. The van der Waals surface area contributed by atoms with Gasteiger partial charge in [0.25, 0.3) is 0 Å². The Bertz CT molecular complexity index is 642. The number of hydrogen-bond donors (Lipinski definition) is 2. The molecule has 0 aliphatic heterocycles. The molecule has 0 heterocycles. The van der Waals surface area contributed by atoms with Gasteiger partial charge in [-0.25, -0.2) is 4.79 Å². The van der Waals surface area contributed by atoms with Gasteiger partial charge in [-0.15, -0.1) is 0 Å². The summed E-state index contributed by atoms with van der Waals surface area (Å²) in [4.78, 5) is 23.4. The van der Waals surface area contributed by atoms with E-state index in [9.17, 15) is 14.7 Å². The van der Waals surface area contributed by atoms with Crippen LogP contribution in [0.4, 0.5) is 0 Å². The zero-order valence-electron chi connectivity index (χ0n) is 10.3. The molecule has 0 spiro atoms. The quantitative estimate of drug-likeness (QED) is 0.828. The molecule has 0 aliphatic rings. The van der Waals surface area contributed by atoms with Crippen molar-refractivity contribution < 1.29 is 19.8 Å². The zero-order chi connectivity index (χ0) is 14.0. The Morgan fingerprint density at radius 1 is 0.947 bits per heavy atom. The van der Waals surface area contributed by atoms with E-state index >= 15 is 0 Å². The van der Waals surface area contributed by atoms with Crippen LogP contribution in [0.2, 0.25) is 0 Å². The highest BCUT2D eigenvalue weighted by atomic mass is 16.4. The summed E-state index contributed by atoms with van der Waals surface area (Å²) in [5.41, 5.74) is 1.24. The number of carbonyl (C=O) groups is 2. The summed E-state index contributed by atoms with van der Waals surface area (Å²) in [7, 11) is 0. The summed E-state index contributed by atoms with van der Waals surface area (Å²) >= 11 is 0. The number of aromatic carboxylic acids is 1. The van der Waals surface area contributed by atoms with Gasteiger partial charge in [-0.2, -0.15) is 0 Å². The van der Waals surface area contributed by atoms with Crippen molar-refractivity contribution in [3.05, 3.63) is 64.7 Å². The second-order valence-corrected chi connectivity index (χ2v) is 4.23. The minimum absolute atomic E-state index is 0.0157. The van der Waals surface area contributed by atoms with E-state index in [1.54, 1.807) is 13.0 Å². The molecule has 96 valence electrons. The minimum Gasteiger partial charge on any atom is -0.508 e. The van der Waals surface area contributed by atoms with E-state index in [4.69, 9.17) is 5.11 Å². The van der Waals surface area contributed by atoms with Crippen molar-refractivity contribution in [2.45, 2.75) is 6.92 Å². The third-order valence-corrected chi connectivity index (χ3v) is 2.78. The molecule has 0 atom stereocenters. The molecule has 19 heavy (non-hydrogen) atoms. The van der Waals surface area contributed by atoms with E-state index < -0.39 is 5.97 Å². The first-order valence-corrected chi connectivity index (χ1v) is 5.66. The molecule has 0 saturated heterocycles. The normalized spacial score (nSPS) is 10.2. The average molecular weight is 256 g/mol. The van der Waals surface area contributed by atoms with E-state index in [0.717, 1.165) is 5.56 Å². The molecular weight excluding hydrogens is 244 g/mol. The Morgan fingerprint density at radius 3 is 2.16 bits per heavy atom. The Morgan fingerprint density at radius 2 is 1.58 bits per heavy atom. The van der Waals surface area contributed by atoms with Crippen molar-refractivity contribution in [3.63, 3.8) is 0 Å². The largest absolute Gasteiger partial charge is 0.508 e. The third kappa shape index (κ3) is 2.63. The maximum Gasteiger partial charge on any atom is 0.336 e. The Kier molecular flexibility index (Phi) is 3.33. The lowest BCUT2D eigenvalue weighted by molar-refractivity contribution is 0.0692. The first-order chi connectivity index (χ1) is 8.99. The SMILES string of the molecule is Cc1ccc(C(=O)c2ccc(O)cc2)c(C(=O)O)c1. The van der Waals surface area contributed by atoms with Crippen LogP contribution in [-0.4, -0.2) is 22.0 Å². The van der Waals surface area contributed by atoms with Gasteiger partial charge in [0.1, 0.15) is 5.75 Å². The van der Waals surface area contributed by atoms with Gasteiger partial charge < -0.3 is 10.2 Å². The average Bonchev–Trinajstić information content (AvgIpc) is 2.38. The van der Waals surface area contributed by atoms with E-state index in [1.165, 1.54) is 36.4 Å². The van der Waals surface area contributed by atoms with Gasteiger partial charge in [0.2, 0.25) is 0 Å². The molecule has 4 heteroatoms. The molecule has 0 aromatic heterocycles. The van der Waals surface area contributed by atoms with Gasteiger partial charge in [-0.05, 0) is 43.3 Å². The lowest BCUT2D eigenvalue weighted by atomic mass is 9.97. The highest BCUT2D eigenvalue weighted by molar-refractivity contribution is 6.14. The van der Waals surface area contributed by atoms with Gasteiger partial charge >= 0.3 is 5.97 Å². The van der Waals surface area contributed by atoms with Crippen LogP contribution in [-0.2, 0) is 0 Å². The molecule has 0 fully saturated rings. The first-order valence-electron chi connectivity index (χ1n) is 5.66. The topological polar surface area (TPSA) is 74.6 Å². The zero-order valence-corrected chi connectivity index (χ0v) is 10.3. The molecule has 0 amide bonds.